The molecule has 0 atom stereocenters. The first-order valence-corrected chi connectivity index (χ1v) is 6.19. The fraction of sp³-hybridized carbons (Fsp3) is 0.364. The minimum Gasteiger partial charge on any atom is -0.298 e. The summed E-state index contributed by atoms with van der Waals surface area (Å²) in [5.74, 6) is -0.962. The zero-order valence-electron chi connectivity index (χ0n) is 9.32. The highest BCUT2D eigenvalue weighted by molar-refractivity contribution is 7.93. The SMILES string of the molecule is CC(=O)C(C)(C)S(=O)(=O)c1ccc(F)cc1. The highest BCUT2D eigenvalue weighted by Gasteiger charge is 2.39. The van der Waals surface area contributed by atoms with E-state index < -0.39 is 26.2 Å². The molecule has 0 saturated carbocycles. The first kappa shape index (κ1) is 12.8. The molecular weight excluding hydrogens is 231 g/mol. The molecule has 0 spiro atoms. The molecule has 88 valence electrons. The monoisotopic (exact) mass is 244 g/mol. The van der Waals surface area contributed by atoms with Crippen LogP contribution in [-0.4, -0.2) is 18.9 Å². The zero-order valence-corrected chi connectivity index (χ0v) is 10.1. The second kappa shape index (κ2) is 3.97. The zero-order chi connectivity index (χ0) is 12.6. The molecule has 16 heavy (non-hydrogen) atoms. The van der Waals surface area contributed by atoms with Gasteiger partial charge >= 0.3 is 0 Å². The minimum atomic E-state index is -3.77. The Bertz CT molecular complexity index is 501. The quantitative estimate of drug-likeness (QED) is 0.764. The fourth-order valence-electron chi connectivity index (χ4n) is 1.10. The second-order valence-corrected chi connectivity index (χ2v) is 6.52. The third kappa shape index (κ3) is 2.00. The normalized spacial score (nSPS) is 12.5. The Morgan fingerprint density at radius 2 is 1.62 bits per heavy atom. The maximum atomic E-state index is 12.7. The third-order valence-electron chi connectivity index (χ3n) is 2.64. The van der Waals surface area contributed by atoms with Crippen molar-refractivity contribution in [2.75, 3.05) is 0 Å². The van der Waals surface area contributed by atoms with Gasteiger partial charge < -0.3 is 0 Å². The van der Waals surface area contributed by atoms with E-state index in [-0.39, 0.29) is 4.90 Å². The molecule has 1 aromatic carbocycles. The van der Waals surface area contributed by atoms with E-state index >= 15 is 0 Å². The van der Waals surface area contributed by atoms with Crippen molar-refractivity contribution < 1.29 is 17.6 Å². The smallest absolute Gasteiger partial charge is 0.190 e. The van der Waals surface area contributed by atoms with Gasteiger partial charge in [-0.2, -0.15) is 0 Å². The molecule has 0 N–H and O–H groups in total. The van der Waals surface area contributed by atoms with Gasteiger partial charge in [0.05, 0.1) is 4.90 Å². The van der Waals surface area contributed by atoms with Crippen LogP contribution in [0.25, 0.3) is 0 Å². The average Bonchev–Trinajstić information content (AvgIpc) is 2.17. The summed E-state index contributed by atoms with van der Waals surface area (Å²) in [5.41, 5.74) is 0. The maximum absolute atomic E-state index is 12.7. The van der Waals surface area contributed by atoms with Gasteiger partial charge in [-0.1, -0.05) is 0 Å². The number of halogens is 1. The van der Waals surface area contributed by atoms with Crippen LogP contribution in [0, 0.1) is 5.82 Å². The Morgan fingerprint density at radius 1 is 1.19 bits per heavy atom. The Morgan fingerprint density at radius 3 is 2.00 bits per heavy atom. The molecule has 0 unspecified atom stereocenters. The largest absolute Gasteiger partial charge is 0.298 e. The van der Waals surface area contributed by atoms with Crippen LogP contribution in [0.1, 0.15) is 20.8 Å². The topological polar surface area (TPSA) is 51.2 Å². The molecule has 0 aliphatic carbocycles. The highest BCUT2D eigenvalue weighted by atomic mass is 32.2. The highest BCUT2D eigenvalue weighted by Crippen LogP contribution is 2.26. The van der Waals surface area contributed by atoms with Gasteiger partial charge in [0.1, 0.15) is 10.6 Å². The number of carbonyl (C=O) groups excluding carboxylic acids is 1. The Hall–Kier alpha value is -1.23. The van der Waals surface area contributed by atoms with Crippen LogP contribution >= 0.6 is 0 Å². The Balaban J connectivity index is 3.33. The number of rotatable bonds is 3. The summed E-state index contributed by atoms with van der Waals surface area (Å²) in [6.07, 6.45) is 0. The third-order valence-corrected chi connectivity index (χ3v) is 5.17. The lowest BCUT2D eigenvalue weighted by molar-refractivity contribution is -0.118. The van der Waals surface area contributed by atoms with Crippen LogP contribution in [0.2, 0.25) is 0 Å². The van der Waals surface area contributed by atoms with E-state index in [2.05, 4.69) is 0 Å². The molecule has 5 heteroatoms. The van der Waals surface area contributed by atoms with Crippen LogP contribution in [0.3, 0.4) is 0 Å². The fourth-order valence-corrected chi connectivity index (χ4v) is 2.56. The van der Waals surface area contributed by atoms with E-state index in [4.69, 9.17) is 0 Å². The van der Waals surface area contributed by atoms with Crippen LogP contribution in [-0.2, 0) is 14.6 Å². The van der Waals surface area contributed by atoms with Crippen LogP contribution in [0.4, 0.5) is 4.39 Å². The van der Waals surface area contributed by atoms with E-state index in [1.54, 1.807) is 0 Å². The number of hydrogen-bond donors (Lipinski definition) is 0. The predicted octanol–water partition coefficient (Wildman–Crippen LogP) is 1.97. The summed E-state index contributed by atoms with van der Waals surface area (Å²) in [6, 6.07) is 4.44. The lowest BCUT2D eigenvalue weighted by atomic mass is 10.1. The van der Waals surface area contributed by atoms with Gasteiger partial charge in [-0.05, 0) is 45.0 Å². The van der Waals surface area contributed by atoms with Gasteiger partial charge in [0, 0.05) is 0 Å². The van der Waals surface area contributed by atoms with Crippen molar-refractivity contribution in [3.05, 3.63) is 30.1 Å². The molecule has 0 heterocycles. The van der Waals surface area contributed by atoms with Crippen molar-refractivity contribution in [2.45, 2.75) is 30.4 Å². The maximum Gasteiger partial charge on any atom is 0.190 e. The lowest BCUT2D eigenvalue weighted by Gasteiger charge is -2.21. The van der Waals surface area contributed by atoms with Crippen molar-refractivity contribution in [3.63, 3.8) is 0 Å². The van der Waals surface area contributed by atoms with E-state index in [9.17, 15) is 17.6 Å². The van der Waals surface area contributed by atoms with Gasteiger partial charge in [-0.15, -0.1) is 0 Å². The molecule has 0 bridgehead atoms. The first-order valence-electron chi connectivity index (χ1n) is 4.71. The van der Waals surface area contributed by atoms with Gasteiger partial charge in [0.15, 0.2) is 15.6 Å². The van der Waals surface area contributed by atoms with E-state index in [0.717, 1.165) is 24.3 Å². The van der Waals surface area contributed by atoms with Gasteiger partial charge in [-0.3, -0.25) is 4.79 Å². The van der Waals surface area contributed by atoms with Crippen molar-refractivity contribution in [1.29, 1.82) is 0 Å². The molecule has 0 fully saturated rings. The molecule has 0 aromatic heterocycles. The molecule has 1 aromatic rings. The molecule has 0 amide bonds. The van der Waals surface area contributed by atoms with Crippen molar-refractivity contribution in [3.8, 4) is 0 Å². The van der Waals surface area contributed by atoms with Crippen LogP contribution in [0.5, 0.6) is 0 Å². The van der Waals surface area contributed by atoms with Gasteiger partial charge in [0.25, 0.3) is 0 Å². The number of benzene rings is 1. The van der Waals surface area contributed by atoms with Gasteiger partial charge in [-0.25, -0.2) is 12.8 Å². The van der Waals surface area contributed by atoms with Crippen LogP contribution < -0.4 is 0 Å². The van der Waals surface area contributed by atoms with Crippen molar-refractivity contribution in [2.24, 2.45) is 0 Å². The Labute approximate surface area is 94.2 Å². The van der Waals surface area contributed by atoms with Crippen molar-refractivity contribution in [1.82, 2.24) is 0 Å². The summed E-state index contributed by atoms with van der Waals surface area (Å²) in [5, 5.41) is 0. The second-order valence-electron chi connectivity index (χ2n) is 4.02. The summed E-state index contributed by atoms with van der Waals surface area (Å²) in [7, 11) is -3.77. The average molecular weight is 244 g/mol. The molecule has 0 aliphatic rings. The number of hydrogen-bond acceptors (Lipinski definition) is 3. The van der Waals surface area contributed by atoms with E-state index in [1.807, 2.05) is 0 Å². The van der Waals surface area contributed by atoms with E-state index in [1.165, 1.54) is 20.8 Å². The summed E-state index contributed by atoms with van der Waals surface area (Å²) in [4.78, 5) is 11.3. The predicted molar refractivity (Wildman–Crippen MR) is 58.3 cm³/mol. The molecule has 0 aliphatic heterocycles. The summed E-state index contributed by atoms with van der Waals surface area (Å²) in [6.45, 7) is 3.91. The van der Waals surface area contributed by atoms with Crippen LogP contribution in [0.15, 0.2) is 29.2 Å². The molecule has 1 rings (SSSR count). The standard InChI is InChI=1S/C11H13FO3S/c1-8(13)11(2,3)16(14,15)10-6-4-9(12)5-7-10/h4-7H,1-3H3. The number of carbonyl (C=O) groups is 1. The van der Waals surface area contributed by atoms with Crippen molar-refractivity contribution >= 4 is 15.6 Å². The summed E-state index contributed by atoms with van der Waals surface area (Å²) >= 11 is 0. The lowest BCUT2D eigenvalue weighted by Crippen LogP contribution is -2.39. The molecular formula is C11H13FO3S. The van der Waals surface area contributed by atoms with E-state index in [0.29, 0.717) is 0 Å². The number of sulfone groups is 1. The first-order chi connectivity index (χ1) is 7.19. The number of ketones is 1. The van der Waals surface area contributed by atoms with Gasteiger partial charge in [0.2, 0.25) is 0 Å². The molecule has 3 nitrogen and oxygen atoms in total. The summed E-state index contributed by atoms with van der Waals surface area (Å²) < 4.78 is 35.3. The minimum absolute atomic E-state index is 0.0471. The Kier molecular flexibility index (Phi) is 3.19. The molecule has 0 saturated heterocycles. The number of Topliss-reactive ketones (excluding diaryl/α,β-unsaturated/α-hetero) is 1. The molecule has 0 radical (unpaired) electrons.